The first-order valence-corrected chi connectivity index (χ1v) is 11.0. The maximum Gasteiger partial charge on any atom is 0.224 e. The Morgan fingerprint density at radius 1 is 1.10 bits per heavy atom. The fraction of sp³-hybridized carbons (Fsp3) is 0.417. The van der Waals surface area contributed by atoms with Crippen molar-refractivity contribution in [1.82, 2.24) is 4.90 Å². The maximum atomic E-state index is 13.1. The van der Waals surface area contributed by atoms with E-state index in [9.17, 15) is 14.0 Å². The topological polar surface area (TPSA) is 49.4 Å². The zero-order chi connectivity index (χ0) is 21.1. The van der Waals surface area contributed by atoms with Gasteiger partial charge in [0.15, 0.2) is 5.78 Å². The van der Waals surface area contributed by atoms with Crippen LogP contribution in [0.15, 0.2) is 36.4 Å². The van der Waals surface area contributed by atoms with Gasteiger partial charge in [0, 0.05) is 19.4 Å². The van der Waals surface area contributed by atoms with Crippen molar-refractivity contribution in [2.24, 2.45) is 5.92 Å². The lowest BCUT2D eigenvalue weighted by Crippen LogP contribution is -2.35. The first kappa shape index (κ1) is 21.0. The molecule has 0 unspecified atom stereocenters. The number of rotatable bonds is 6. The fourth-order valence-corrected chi connectivity index (χ4v) is 4.71. The third kappa shape index (κ3) is 4.90. The van der Waals surface area contributed by atoms with Crippen LogP contribution < -0.4 is 5.32 Å². The monoisotopic (exact) mass is 428 g/mol. The molecule has 0 radical (unpaired) electrons. The molecule has 2 heterocycles. The highest BCUT2D eigenvalue weighted by Gasteiger charge is 2.25. The van der Waals surface area contributed by atoms with Crippen molar-refractivity contribution in [1.29, 1.82) is 0 Å². The Balaban J connectivity index is 1.30. The molecule has 2 aliphatic heterocycles. The van der Waals surface area contributed by atoms with Gasteiger partial charge in [-0.05, 0) is 74.0 Å². The molecule has 2 aromatic carbocycles. The van der Waals surface area contributed by atoms with Crippen LogP contribution in [0.4, 0.5) is 10.1 Å². The van der Waals surface area contributed by atoms with Gasteiger partial charge in [-0.2, -0.15) is 0 Å². The molecule has 0 atom stereocenters. The van der Waals surface area contributed by atoms with Crippen molar-refractivity contribution >= 4 is 29.0 Å². The predicted molar refractivity (Wildman–Crippen MR) is 117 cm³/mol. The molecular weight excluding hydrogens is 403 g/mol. The predicted octanol–water partition coefficient (Wildman–Crippen LogP) is 4.89. The number of anilines is 1. The Hall–Kier alpha value is -2.24. The number of amides is 1. The number of halogens is 2. The van der Waals surface area contributed by atoms with Gasteiger partial charge in [-0.25, -0.2) is 4.39 Å². The molecule has 30 heavy (non-hydrogen) atoms. The summed E-state index contributed by atoms with van der Waals surface area (Å²) in [6.07, 6.45) is 4.58. The molecule has 0 aliphatic carbocycles. The van der Waals surface area contributed by atoms with Crippen LogP contribution in [0.5, 0.6) is 0 Å². The van der Waals surface area contributed by atoms with Gasteiger partial charge in [0.2, 0.25) is 5.91 Å². The van der Waals surface area contributed by atoms with Gasteiger partial charge in [0.25, 0.3) is 0 Å². The van der Waals surface area contributed by atoms with E-state index in [0.717, 1.165) is 37.9 Å². The minimum Gasteiger partial charge on any atom is -0.325 e. The molecule has 1 saturated heterocycles. The normalized spacial score (nSPS) is 17.5. The number of piperidine rings is 1. The van der Waals surface area contributed by atoms with Crippen LogP contribution in [-0.2, 0) is 17.6 Å². The maximum absolute atomic E-state index is 13.1. The summed E-state index contributed by atoms with van der Waals surface area (Å²) in [7, 11) is 0. The summed E-state index contributed by atoms with van der Waals surface area (Å²) in [6, 6.07) is 10.4. The van der Waals surface area contributed by atoms with Crippen LogP contribution in [0.2, 0.25) is 5.02 Å². The number of ketones is 1. The van der Waals surface area contributed by atoms with Gasteiger partial charge in [0.1, 0.15) is 5.82 Å². The molecule has 1 fully saturated rings. The van der Waals surface area contributed by atoms with E-state index in [0.29, 0.717) is 48.0 Å². The number of aryl methyl sites for hydroxylation is 1. The molecule has 1 amide bonds. The summed E-state index contributed by atoms with van der Waals surface area (Å²) < 4.78 is 13.1. The van der Waals surface area contributed by atoms with Gasteiger partial charge < -0.3 is 10.2 Å². The Kier molecular flexibility index (Phi) is 6.49. The lowest BCUT2D eigenvalue weighted by molar-refractivity contribution is -0.116. The Morgan fingerprint density at radius 2 is 1.83 bits per heavy atom. The summed E-state index contributed by atoms with van der Waals surface area (Å²) in [6.45, 7) is 2.60. The van der Waals surface area contributed by atoms with Crippen LogP contribution in [-0.4, -0.2) is 36.2 Å². The highest BCUT2D eigenvalue weighted by molar-refractivity contribution is 6.35. The molecule has 4 rings (SSSR count). The molecule has 2 aliphatic rings. The number of carbonyl (C=O) groups is 2. The second-order valence-corrected chi connectivity index (χ2v) is 8.70. The van der Waals surface area contributed by atoms with E-state index in [4.69, 9.17) is 11.6 Å². The molecule has 6 heteroatoms. The summed E-state index contributed by atoms with van der Waals surface area (Å²) in [5, 5.41) is 3.24. The number of hydrogen-bond donors (Lipinski definition) is 1. The first-order chi connectivity index (χ1) is 14.5. The highest BCUT2D eigenvalue weighted by Crippen LogP contribution is 2.33. The van der Waals surface area contributed by atoms with Crippen LogP contribution in [0.3, 0.4) is 0 Å². The van der Waals surface area contributed by atoms with E-state index in [2.05, 4.69) is 10.2 Å². The fourth-order valence-electron chi connectivity index (χ4n) is 4.45. The third-order valence-corrected chi connectivity index (χ3v) is 6.52. The molecular formula is C24H26ClFN2O2. The molecule has 158 valence electrons. The zero-order valence-electron chi connectivity index (χ0n) is 16.9. The minimum atomic E-state index is -0.197. The van der Waals surface area contributed by atoms with Crippen molar-refractivity contribution in [3.05, 3.63) is 63.9 Å². The number of likely N-dealkylation sites (tertiary alicyclic amines) is 1. The molecule has 0 spiro atoms. The largest absolute Gasteiger partial charge is 0.325 e. The Labute approximate surface area is 181 Å². The molecule has 1 N–H and O–H groups in total. The molecule has 4 nitrogen and oxygen atoms in total. The molecule has 0 aromatic heterocycles. The van der Waals surface area contributed by atoms with E-state index in [1.807, 2.05) is 18.2 Å². The average Bonchev–Trinajstić information content (AvgIpc) is 2.74. The molecule has 0 bridgehead atoms. The number of benzene rings is 2. The Morgan fingerprint density at radius 3 is 2.57 bits per heavy atom. The van der Waals surface area contributed by atoms with E-state index in [1.54, 1.807) is 6.07 Å². The summed E-state index contributed by atoms with van der Waals surface area (Å²) in [5.74, 6) is 0.306. The Bertz CT molecular complexity index is 937. The van der Waals surface area contributed by atoms with Crippen molar-refractivity contribution in [3.63, 3.8) is 0 Å². The van der Waals surface area contributed by atoms with E-state index in [-0.39, 0.29) is 17.5 Å². The number of Topliss-reactive ketones (excluding diaryl/α,β-unsaturated/α-hetero) is 1. The summed E-state index contributed by atoms with van der Waals surface area (Å²) >= 11 is 6.32. The number of hydrogen-bond acceptors (Lipinski definition) is 3. The smallest absolute Gasteiger partial charge is 0.224 e. The standard InChI is InChI=1S/C24H26ClFN2O2/c25-20-7-3-18-4-8-22(30)27-24(18)23(20)21(29)11-14-28-12-9-17(10-13-28)15-16-1-5-19(26)6-2-16/h1-3,5-7,17H,4,8-15H2,(H,27,30). The lowest BCUT2D eigenvalue weighted by Gasteiger charge is -2.32. The number of nitrogens with zero attached hydrogens (tertiary/aromatic N) is 1. The number of carbonyl (C=O) groups excluding carboxylic acids is 2. The van der Waals surface area contributed by atoms with Crippen LogP contribution in [0, 0.1) is 11.7 Å². The van der Waals surface area contributed by atoms with Crippen LogP contribution in [0.1, 0.15) is 47.2 Å². The quantitative estimate of drug-likeness (QED) is 0.666. The molecule has 0 saturated carbocycles. The number of fused-ring (bicyclic) bond motifs is 1. The van der Waals surface area contributed by atoms with Crippen molar-refractivity contribution < 1.29 is 14.0 Å². The average molecular weight is 429 g/mol. The van der Waals surface area contributed by atoms with Gasteiger partial charge in [-0.1, -0.05) is 29.8 Å². The zero-order valence-corrected chi connectivity index (χ0v) is 17.7. The van der Waals surface area contributed by atoms with Gasteiger partial charge in [0.05, 0.1) is 16.3 Å². The van der Waals surface area contributed by atoms with Gasteiger partial charge in [-0.3, -0.25) is 9.59 Å². The van der Waals surface area contributed by atoms with E-state index in [1.165, 1.54) is 17.7 Å². The van der Waals surface area contributed by atoms with Crippen molar-refractivity contribution in [3.8, 4) is 0 Å². The third-order valence-electron chi connectivity index (χ3n) is 6.21. The van der Waals surface area contributed by atoms with Crippen molar-refractivity contribution in [2.75, 3.05) is 25.0 Å². The van der Waals surface area contributed by atoms with E-state index < -0.39 is 0 Å². The lowest BCUT2D eigenvalue weighted by atomic mass is 9.90. The summed E-state index contributed by atoms with van der Waals surface area (Å²) in [5.41, 5.74) is 3.20. The second-order valence-electron chi connectivity index (χ2n) is 8.29. The van der Waals surface area contributed by atoms with Gasteiger partial charge >= 0.3 is 0 Å². The van der Waals surface area contributed by atoms with Gasteiger partial charge in [-0.15, -0.1) is 0 Å². The second kappa shape index (κ2) is 9.27. The minimum absolute atomic E-state index is 0.0208. The SMILES string of the molecule is O=C1CCc2ccc(Cl)c(C(=O)CCN3CCC(Cc4ccc(F)cc4)CC3)c2N1. The van der Waals surface area contributed by atoms with Crippen LogP contribution in [0.25, 0.3) is 0 Å². The van der Waals surface area contributed by atoms with Crippen LogP contribution >= 0.6 is 11.6 Å². The van der Waals surface area contributed by atoms with Crippen molar-refractivity contribution in [2.45, 2.75) is 38.5 Å². The number of nitrogens with one attached hydrogen (secondary N) is 1. The first-order valence-electron chi connectivity index (χ1n) is 10.6. The summed E-state index contributed by atoms with van der Waals surface area (Å²) in [4.78, 5) is 27.1. The highest BCUT2D eigenvalue weighted by atomic mass is 35.5. The van der Waals surface area contributed by atoms with E-state index >= 15 is 0 Å². The molecule has 2 aromatic rings.